The minimum atomic E-state index is 0.192. The number of rotatable bonds is 5. The molecule has 0 aliphatic rings. The number of nitrogens with zero attached hydrogens (tertiary/aromatic N) is 3. The van der Waals surface area contributed by atoms with Gasteiger partial charge in [0, 0.05) is 31.4 Å². The Labute approximate surface area is 96.2 Å². The molecule has 0 fully saturated rings. The molecule has 16 heavy (non-hydrogen) atoms. The van der Waals surface area contributed by atoms with Gasteiger partial charge in [0.05, 0.1) is 5.84 Å². The van der Waals surface area contributed by atoms with Crippen molar-refractivity contribution in [2.75, 3.05) is 11.4 Å². The number of anilines is 1. The third-order valence-electron chi connectivity index (χ3n) is 2.27. The largest absolute Gasteiger partial charge is 0.388 e. The Morgan fingerprint density at radius 2 is 2.00 bits per heavy atom. The summed E-state index contributed by atoms with van der Waals surface area (Å²) in [4.78, 5) is 10.6. The van der Waals surface area contributed by atoms with Gasteiger partial charge < -0.3 is 10.6 Å². The van der Waals surface area contributed by atoms with Crippen LogP contribution in [-0.2, 0) is 0 Å². The number of aromatic nitrogens is 2. The minimum Gasteiger partial charge on any atom is -0.388 e. The lowest BCUT2D eigenvalue weighted by atomic mass is 10.3. The van der Waals surface area contributed by atoms with Crippen molar-refractivity contribution in [1.82, 2.24) is 9.97 Å². The lowest BCUT2D eigenvalue weighted by Crippen LogP contribution is -2.35. The van der Waals surface area contributed by atoms with Crippen LogP contribution >= 0.6 is 0 Å². The summed E-state index contributed by atoms with van der Waals surface area (Å²) in [6.07, 6.45) is 4.13. The third-order valence-corrected chi connectivity index (χ3v) is 2.27. The Hall–Kier alpha value is -1.65. The van der Waals surface area contributed by atoms with Crippen LogP contribution in [0.2, 0.25) is 0 Å². The van der Waals surface area contributed by atoms with Crippen molar-refractivity contribution in [3.63, 3.8) is 0 Å². The van der Waals surface area contributed by atoms with Crippen LogP contribution in [0.1, 0.15) is 25.8 Å². The molecule has 0 unspecified atom stereocenters. The lowest BCUT2D eigenvalue weighted by molar-refractivity contribution is 0.667. The second-order valence-corrected chi connectivity index (χ2v) is 4.12. The SMILES string of the molecule is Cc1cnc(N(CCC(=N)N)C(C)C)nc1. The van der Waals surface area contributed by atoms with Gasteiger partial charge in [0.15, 0.2) is 0 Å². The van der Waals surface area contributed by atoms with E-state index in [1.165, 1.54) is 0 Å². The fourth-order valence-corrected chi connectivity index (χ4v) is 1.36. The highest BCUT2D eigenvalue weighted by molar-refractivity contribution is 5.77. The van der Waals surface area contributed by atoms with E-state index in [4.69, 9.17) is 11.1 Å². The first-order valence-electron chi connectivity index (χ1n) is 5.39. The summed E-state index contributed by atoms with van der Waals surface area (Å²) in [5.74, 6) is 0.889. The van der Waals surface area contributed by atoms with Crippen LogP contribution in [-0.4, -0.2) is 28.4 Å². The molecule has 0 spiro atoms. The summed E-state index contributed by atoms with van der Waals surface area (Å²) in [6, 6.07) is 0.294. The monoisotopic (exact) mass is 221 g/mol. The molecule has 0 aliphatic carbocycles. The average molecular weight is 221 g/mol. The Morgan fingerprint density at radius 1 is 1.44 bits per heavy atom. The van der Waals surface area contributed by atoms with E-state index in [1.54, 1.807) is 12.4 Å². The summed E-state index contributed by atoms with van der Waals surface area (Å²) in [5, 5.41) is 7.24. The zero-order valence-corrected chi connectivity index (χ0v) is 10.1. The maximum absolute atomic E-state index is 7.24. The predicted octanol–water partition coefficient (Wildman–Crippen LogP) is 1.33. The fraction of sp³-hybridized carbons (Fsp3) is 0.545. The molecule has 0 saturated heterocycles. The van der Waals surface area contributed by atoms with Crippen LogP contribution in [0.25, 0.3) is 0 Å². The van der Waals surface area contributed by atoms with Gasteiger partial charge >= 0.3 is 0 Å². The van der Waals surface area contributed by atoms with E-state index in [2.05, 4.69) is 23.8 Å². The molecule has 0 bridgehead atoms. The molecule has 0 atom stereocenters. The molecular formula is C11H19N5. The third kappa shape index (κ3) is 3.49. The molecule has 5 heteroatoms. The molecule has 1 aromatic rings. The van der Waals surface area contributed by atoms with E-state index in [-0.39, 0.29) is 5.84 Å². The molecule has 5 nitrogen and oxygen atoms in total. The molecular weight excluding hydrogens is 202 g/mol. The van der Waals surface area contributed by atoms with Gasteiger partial charge in [-0.05, 0) is 26.3 Å². The summed E-state index contributed by atoms with van der Waals surface area (Å²) in [7, 11) is 0. The van der Waals surface area contributed by atoms with Gasteiger partial charge in [0.25, 0.3) is 0 Å². The Kier molecular flexibility index (Phi) is 4.22. The lowest BCUT2D eigenvalue weighted by Gasteiger charge is -2.26. The summed E-state index contributed by atoms with van der Waals surface area (Å²) in [6.45, 7) is 6.78. The van der Waals surface area contributed by atoms with Crippen molar-refractivity contribution in [3.8, 4) is 0 Å². The predicted molar refractivity (Wildman–Crippen MR) is 65.8 cm³/mol. The molecule has 0 aromatic carbocycles. The Morgan fingerprint density at radius 3 is 2.44 bits per heavy atom. The van der Waals surface area contributed by atoms with Gasteiger partial charge in [0.2, 0.25) is 5.95 Å². The van der Waals surface area contributed by atoms with Gasteiger partial charge in [-0.1, -0.05) is 0 Å². The quantitative estimate of drug-likeness (QED) is 0.580. The number of hydrogen-bond acceptors (Lipinski definition) is 4. The van der Waals surface area contributed by atoms with Crippen molar-refractivity contribution < 1.29 is 0 Å². The van der Waals surface area contributed by atoms with Crippen molar-refractivity contribution in [3.05, 3.63) is 18.0 Å². The van der Waals surface area contributed by atoms with Gasteiger partial charge in [-0.15, -0.1) is 0 Å². The molecule has 1 rings (SSSR count). The van der Waals surface area contributed by atoms with E-state index in [1.807, 2.05) is 11.8 Å². The van der Waals surface area contributed by atoms with E-state index >= 15 is 0 Å². The van der Waals surface area contributed by atoms with Gasteiger partial charge in [-0.2, -0.15) is 0 Å². The van der Waals surface area contributed by atoms with Gasteiger partial charge in [-0.3, -0.25) is 5.41 Å². The summed E-state index contributed by atoms with van der Waals surface area (Å²) >= 11 is 0. The number of hydrogen-bond donors (Lipinski definition) is 2. The molecule has 1 heterocycles. The van der Waals surface area contributed by atoms with Crippen LogP contribution in [0.4, 0.5) is 5.95 Å². The number of nitrogens with one attached hydrogen (secondary N) is 1. The van der Waals surface area contributed by atoms with E-state index in [0.29, 0.717) is 25.0 Å². The van der Waals surface area contributed by atoms with E-state index < -0.39 is 0 Å². The number of aryl methyl sites for hydroxylation is 1. The first kappa shape index (κ1) is 12.4. The maximum Gasteiger partial charge on any atom is 0.225 e. The molecule has 88 valence electrons. The van der Waals surface area contributed by atoms with Crippen molar-refractivity contribution in [2.45, 2.75) is 33.2 Å². The molecule has 0 saturated carbocycles. The van der Waals surface area contributed by atoms with Crippen LogP contribution in [0, 0.1) is 12.3 Å². The van der Waals surface area contributed by atoms with E-state index in [9.17, 15) is 0 Å². The summed E-state index contributed by atoms with van der Waals surface area (Å²) in [5.41, 5.74) is 6.40. The number of nitrogens with two attached hydrogens (primary N) is 1. The molecule has 0 amide bonds. The Bertz CT molecular complexity index is 344. The minimum absolute atomic E-state index is 0.192. The van der Waals surface area contributed by atoms with Crippen LogP contribution in [0.3, 0.4) is 0 Å². The fourth-order valence-electron chi connectivity index (χ4n) is 1.36. The van der Waals surface area contributed by atoms with Gasteiger partial charge in [0.1, 0.15) is 0 Å². The van der Waals surface area contributed by atoms with Crippen molar-refractivity contribution in [2.24, 2.45) is 5.73 Å². The zero-order valence-electron chi connectivity index (χ0n) is 10.1. The average Bonchev–Trinajstić information content (AvgIpc) is 2.20. The molecule has 1 aromatic heterocycles. The molecule has 0 radical (unpaired) electrons. The van der Waals surface area contributed by atoms with Crippen molar-refractivity contribution >= 4 is 11.8 Å². The highest BCUT2D eigenvalue weighted by Crippen LogP contribution is 2.11. The second kappa shape index (κ2) is 5.44. The number of amidine groups is 1. The van der Waals surface area contributed by atoms with Gasteiger partial charge in [-0.25, -0.2) is 9.97 Å². The standard InChI is InChI=1S/C11H19N5/c1-8(2)16(5-4-10(12)13)11-14-6-9(3)7-15-11/h6-8H,4-5H2,1-3H3,(H3,12,13). The molecule has 0 aliphatic heterocycles. The smallest absolute Gasteiger partial charge is 0.225 e. The van der Waals surface area contributed by atoms with Crippen molar-refractivity contribution in [1.29, 1.82) is 5.41 Å². The zero-order chi connectivity index (χ0) is 12.1. The van der Waals surface area contributed by atoms with Crippen LogP contribution < -0.4 is 10.6 Å². The maximum atomic E-state index is 7.24. The van der Waals surface area contributed by atoms with Crippen LogP contribution in [0.15, 0.2) is 12.4 Å². The van der Waals surface area contributed by atoms with Crippen LogP contribution in [0.5, 0.6) is 0 Å². The van der Waals surface area contributed by atoms with E-state index in [0.717, 1.165) is 5.56 Å². The molecule has 3 N–H and O–H groups in total. The topological polar surface area (TPSA) is 78.9 Å². The Balaban J connectivity index is 2.77. The summed E-state index contributed by atoms with van der Waals surface area (Å²) < 4.78 is 0. The first-order chi connectivity index (χ1) is 7.50. The highest BCUT2D eigenvalue weighted by atomic mass is 15.3. The first-order valence-corrected chi connectivity index (χ1v) is 5.39. The highest BCUT2D eigenvalue weighted by Gasteiger charge is 2.12. The normalized spacial score (nSPS) is 10.5. The second-order valence-electron chi connectivity index (χ2n) is 4.12.